The topological polar surface area (TPSA) is 42.4 Å². The number of hydrogen-bond donors (Lipinski definition) is 0. The third kappa shape index (κ3) is 3.47. The summed E-state index contributed by atoms with van der Waals surface area (Å²) in [5, 5.41) is 3.91. The lowest BCUT2D eigenvalue weighted by Crippen LogP contribution is -2.20. The Balaban J connectivity index is 1.77. The number of furan rings is 1. The molecule has 0 radical (unpaired) electrons. The van der Waals surface area contributed by atoms with Crippen molar-refractivity contribution in [1.82, 2.24) is 10.1 Å². The Labute approximate surface area is 108 Å². The highest BCUT2D eigenvalue weighted by Crippen LogP contribution is 2.21. The van der Waals surface area contributed by atoms with Crippen molar-refractivity contribution in [2.45, 2.75) is 32.7 Å². The van der Waals surface area contributed by atoms with Crippen molar-refractivity contribution in [2.75, 3.05) is 13.6 Å². The molecular formula is C14H20N2O2. The molecule has 98 valence electrons. The van der Waals surface area contributed by atoms with E-state index in [0.29, 0.717) is 5.92 Å². The second-order valence-corrected chi connectivity index (χ2v) is 4.87. The van der Waals surface area contributed by atoms with E-state index in [1.807, 2.05) is 19.1 Å². The molecule has 0 amide bonds. The second kappa shape index (κ2) is 5.87. The Kier molecular flexibility index (Phi) is 4.20. The highest BCUT2D eigenvalue weighted by molar-refractivity contribution is 5.09. The van der Waals surface area contributed by atoms with Gasteiger partial charge in [0.1, 0.15) is 17.8 Å². The van der Waals surface area contributed by atoms with Gasteiger partial charge in [0.15, 0.2) is 0 Å². The van der Waals surface area contributed by atoms with Gasteiger partial charge >= 0.3 is 0 Å². The van der Waals surface area contributed by atoms with Crippen LogP contribution >= 0.6 is 0 Å². The van der Waals surface area contributed by atoms with Gasteiger partial charge in [-0.1, -0.05) is 12.1 Å². The Bertz CT molecular complexity index is 462. The largest absolute Gasteiger partial charge is 0.466 e. The maximum atomic E-state index is 5.64. The van der Waals surface area contributed by atoms with Gasteiger partial charge in [-0.05, 0) is 39.1 Å². The van der Waals surface area contributed by atoms with Crippen molar-refractivity contribution in [3.05, 3.63) is 41.7 Å². The maximum Gasteiger partial charge on any atom is 0.124 e. The van der Waals surface area contributed by atoms with Gasteiger partial charge in [0.25, 0.3) is 0 Å². The summed E-state index contributed by atoms with van der Waals surface area (Å²) in [6.07, 6.45) is 2.68. The molecule has 0 fully saturated rings. The zero-order valence-electron chi connectivity index (χ0n) is 11.2. The van der Waals surface area contributed by atoms with Crippen molar-refractivity contribution >= 4 is 0 Å². The first-order valence-electron chi connectivity index (χ1n) is 6.29. The van der Waals surface area contributed by atoms with Crippen molar-refractivity contribution in [2.24, 2.45) is 0 Å². The van der Waals surface area contributed by atoms with Crippen LogP contribution in [0.5, 0.6) is 0 Å². The summed E-state index contributed by atoms with van der Waals surface area (Å²) < 4.78 is 10.5. The minimum Gasteiger partial charge on any atom is -0.466 e. The number of rotatable bonds is 6. The zero-order chi connectivity index (χ0) is 13.0. The molecule has 4 nitrogen and oxygen atoms in total. The summed E-state index contributed by atoms with van der Waals surface area (Å²) in [5.41, 5.74) is 0.971. The first-order chi connectivity index (χ1) is 8.65. The van der Waals surface area contributed by atoms with Gasteiger partial charge in [-0.15, -0.1) is 0 Å². The van der Waals surface area contributed by atoms with E-state index in [0.717, 1.165) is 36.7 Å². The quantitative estimate of drug-likeness (QED) is 0.787. The fourth-order valence-corrected chi connectivity index (χ4v) is 1.95. The van der Waals surface area contributed by atoms with Crippen LogP contribution in [0.3, 0.4) is 0 Å². The van der Waals surface area contributed by atoms with Crippen LogP contribution in [0.15, 0.2) is 33.4 Å². The summed E-state index contributed by atoms with van der Waals surface area (Å²) in [4.78, 5) is 2.24. The smallest absolute Gasteiger partial charge is 0.124 e. The van der Waals surface area contributed by atoms with E-state index in [1.54, 1.807) is 6.26 Å². The fourth-order valence-electron chi connectivity index (χ4n) is 1.95. The summed E-state index contributed by atoms with van der Waals surface area (Å²) >= 11 is 0. The van der Waals surface area contributed by atoms with Gasteiger partial charge in [0.05, 0.1) is 5.69 Å². The molecule has 0 saturated heterocycles. The second-order valence-electron chi connectivity index (χ2n) is 4.87. The first kappa shape index (κ1) is 12.9. The van der Waals surface area contributed by atoms with Crippen LogP contribution in [0.4, 0.5) is 0 Å². The molecule has 0 bridgehead atoms. The van der Waals surface area contributed by atoms with Crippen LogP contribution in [0.25, 0.3) is 0 Å². The van der Waals surface area contributed by atoms with Gasteiger partial charge in [-0.2, -0.15) is 0 Å². The highest BCUT2D eigenvalue weighted by atomic mass is 16.5. The molecule has 0 aliphatic rings. The molecular weight excluding hydrogens is 228 g/mol. The standard InChI is InChI=1S/C14H20N2O2/c1-11(14-5-4-12(2)18-14)6-8-16(3)10-13-7-9-17-15-13/h4-5,7,9,11H,6,8,10H2,1-3H3. The molecule has 0 aliphatic heterocycles. The lowest BCUT2D eigenvalue weighted by atomic mass is 10.1. The number of hydrogen-bond acceptors (Lipinski definition) is 4. The molecule has 0 N–H and O–H groups in total. The average Bonchev–Trinajstić information content (AvgIpc) is 2.97. The molecule has 1 atom stereocenters. The van der Waals surface area contributed by atoms with E-state index in [-0.39, 0.29) is 0 Å². The molecule has 18 heavy (non-hydrogen) atoms. The molecule has 2 rings (SSSR count). The fraction of sp³-hybridized carbons (Fsp3) is 0.500. The number of nitrogens with zero attached hydrogens (tertiary/aromatic N) is 2. The summed E-state index contributed by atoms with van der Waals surface area (Å²) in [6, 6.07) is 5.98. The first-order valence-corrected chi connectivity index (χ1v) is 6.29. The van der Waals surface area contributed by atoms with Gasteiger partial charge in [0, 0.05) is 18.5 Å². The van der Waals surface area contributed by atoms with Crippen molar-refractivity contribution in [3.63, 3.8) is 0 Å². The Morgan fingerprint density at radius 1 is 1.33 bits per heavy atom. The Hall–Kier alpha value is -1.55. The molecule has 1 unspecified atom stereocenters. The van der Waals surface area contributed by atoms with Gasteiger partial charge in [-0.3, -0.25) is 0 Å². The molecule has 0 aromatic carbocycles. The van der Waals surface area contributed by atoms with Crippen LogP contribution in [0.1, 0.15) is 36.5 Å². The molecule has 0 aliphatic carbocycles. The minimum atomic E-state index is 0.443. The van der Waals surface area contributed by atoms with E-state index in [4.69, 9.17) is 8.94 Å². The van der Waals surface area contributed by atoms with Crippen LogP contribution in [-0.2, 0) is 6.54 Å². The Morgan fingerprint density at radius 2 is 2.17 bits per heavy atom. The number of aryl methyl sites for hydroxylation is 1. The van der Waals surface area contributed by atoms with Gasteiger partial charge < -0.3 is 13.8 Å². The molecule has 4 heteroatoms. The Morgan fingerprint density at radius 3 is 2.78 bits per heavy atom. The number of aromatic nitrogens is 1. The minimum absolute atomic E-state index is 0.443. The maximum absolute atomic E-state index is 5.64. The third-order valence-corrected chi connectivity index (χ3v) is 3.11. The molecule has 0 saturated carbocycles. The lowest BCUT2D eigenvalue weighted by molar-refractivity contribution is 0.293. The monoisotopic (exact) mass is 248 g/mol. The third-order valence-electron chi connectivity index (χ3n) is 3.11. The molecule has 0 spiro atoms. The van der Waals surface area contributed by atoms with E-state index < -0.39 is 0 Å². The van der Waals surface area contributed by atoms with E-state index in [2.05, 4.69) is 30.1 Å². The van der Waals surface area contributed by atoms with E-state index >= 15 is 0 Å². The van der Waals surface area contributed by atoms with Gasteiger partial charge in [0.2, 0.25) is 0 Å². The normalized spacial score (nSPS) is 13.1. The van der Waals surface area contributed by atoms with Crippen LogP contribution in [0, 0.1) is 6.92 Å². The summed E-state index contributed by atoms with van der Waals surface area (Å²) in [7, 11) is 2.09. The predicted octanol–water partition coefficient (Wildman–Crippen LogP) is 3.20. The highest BCUT2D eigenvalue weighted by Gasteiger charge is 2.11. The molecule has 2 aromatic heterocycles. The predicted molar refractivity (Wildman–Crippen MR) is 69.3 cm³/mol. The van der Waals surface area contributed by atoms with Gasteiger partial charge in [-0.25, -0.2) is 0 Å². The SMILES string of the molecule is Cc1ccc(C(C)CCN(C)Cc2ccon2)o1. The average molecular weight is 248 g/mol. The van der Waals surface area contributed by atoms with E-state index in [9.17, 15) is 0 Å². The van der Waals surface area contributed by atoms with Crippen LogP contribution < -0.4 is 0 Å². The van der Waals surface area contributed by atoms with Crippen molar-refractivity contribution < 1.29 is 8.94 Å². The van der Waals surface area contributed by atoms with Crippen LogP contribution in [0.2, 0.25) is 0 Å². The zero-order valence-corrected chi connectivity index (χ0v) is 11.2. The molecule has 2 aromatic rings. The van der Waals surface area contributed by atoms with E-state index in [1.165, 1.54) is 0 Å². The van der Waals surface area contributed by atoms with Crippen molar-refractivity contribution in [3.8, 4) is 0 Å². The molecule has 2 heterocycles. The summed E-state index contributed by atoms with van der Waals surface area (Å²) in [6.45, 7) is 6.00. The lowest BCUT2D eigenvalue weighted by Gasteiger charge is -2.17. The van der Waals surface area contributed by atoms with Crippen LogP contribution in [-0.4, -0.2) is 23.6 Å². The summed E-state index contributed by atoms with van der Waals surface area (Å²) in [5.74, 6) is 2.49. The van der Waals surface area contributed by atoms with Crippen molar-refractivity contribution in [1.29, 1.82) is 0 Å².